The van der Waals surface area contributed by atoms with Gasteiger partial charge in [-0.3, -0.25) is 4.98 Å². The fourth-order valence-electron chi connectivity index (χ4n) is 2.54. The summed E-state index contributed by atoms with van der Waals surface area (Å²) in [5.74, 6) is 0. The maximum atomic E-state index is 4.55. The van der Waals surface area contributed by atoms with Gasteiger partial charge < -0.3 is 5.32 Å². The first-order valence-electron chi connectivity index (χ1n) is 7.13. The molecular weight excluding hydrogens is 324 g/mol. The van der Waals surface area contributed by atoms with E-state index >= 15 is 0 Å². The predicted octanol–water partition coefficient (Wildman–Crippen LogP) is 5.56. The Bertz CT molecular complexity index is 741. The number of nitrogens with one attached hydrogen (secondary N) is 1. The number of nitrogens with zero attached hydrogens (tertiary/aromatic N) is 1. The predicted molar refractivity (Wildman–Crippen MR) is 92.5 cm³/mol. The van der Waals surface area contributed by atoms with Crippen molar-refractivity contribution in [3.8, 4) is 0 Å². The van der Waals surface area contributed by atoms with Crippen molar-refractivity contribution in [3.63, 3.8) is 0 Å². The summed E-state index contributed by atoms with van der Waals surface area (Å²) in [5.41, 5.74) is 3.39. The third-order valence-electron chi connectivity index (χ3n) is 3.62. The lowest BCUT2D eigenvalue weighted by atomic mass is 10.0. The maximum Gasteiger partial charge on any atom is 0.0934 e. The third-order valence-corrected chi connectivity index (χ3v) is 4.05. The normalized spacial score (nSPS) is 12.3. The number of hydrogen-bond donors (Lipinski definition) is 1. The largest absolute Gasteiger partial charge is 0.376 e. The van der Waals surface area contributed by atoms with E-state index in [1.165, 1.54) is 5.56 Å². The number of halogens is 1. The molecule has 2 nitrogen and oxygen atoms in total. The van der Waals surface area contributed by atoms with E-state index in [0.29, 0.717) is 6.04 Å². The first-order chi connectivity index (χ1) is 10.3. The lowest BCUT2D eigenvalue weighted by Gasteiger charge is -2.19. The number of rotatable bonds is 4. The fraction of sp³-hybridized carbons (Fsp3) is 0.167. The molecule has 3 aromatic rings. The maximum absolute atomic E-state index is 4.55. The van der Waals surface area contributed by atoms with Gasteiger partial charge in [0, 0.05) is 16.1 Å². The molecule has 0 saturated carbocycles. The Hall–Kier alpha value is -1.87. The lowest BCUT2D eigenvalue weighted by Crippen LogP contribution is -2.10. The average Bonchev–Trinajstić information content (AvgIpc) is 2.53. The summed E-state index contributed by atoms with van der Waals surface area (Å²) >= 11 is 3.48. The Morgan fingerprint density at radius 3 is 2.67 bits per heavy atom. The molecule has 1 N–H and O–H groups in total. The van der Waals surface area contributed by atoms with Gasteiger partial charge in [0.1, 0.15) is 0 Å². The zero-order valence-electron chi connectivity index (χ0n) is 11.9. The topological polar surface area (TPSA) is 24.9 Å². The van der Waals surface area contributed by atoms with E-state index in [4.69, 9.17) is 0 Å². The highest BCUT2D eigenvalue weighted by atomic mass is 79.9. The monoisotopic (exact) mass is 340 g/mol. The van der Waals surface area contributed by atoms with Crippen LogP contribution in [0.3, 0.4) is 0 Å². The Morgan fingerprint density at radius 1 is 1.10 bits per heavy atom. The molecule has 1 unspecified atom stereocenters. The molecule has 21 heavy (non-hydrogen) atoms. The Balaban J connectivity index is 1.97. The smallest absolute Gasteiger partial charge is 0.0934 e. The fourth-order valence-corrected chi connectivity index (χ4v) is 2.89. The van der Waals surface area contributed by atoms with E-state index in [9.17, 15) is 0 Å². The first-order valence-corrected chi connectivity index (χ1v) is 7.93. The van der Waals surface area contributed by atoms with Gasteiger partial charge in [-0.05, 0) is 40.0 Å². The summed E-state index contributed by atoms with van der Waals surface area (Å²) in [6.45, 7) is 2.19. The molecule has 0 saturated heterocycles. The Kier molecular flexibility index (Phi) is 4.20. The number of hydrogen-bond acceptors (Lipinski definition) is 2. The minimum Gasteiger partial charge on any atom is -0.376 e. The second kappa shape index (κ2) is 6.27. The summed E-state index contributed by atoms with van der Waals surface area (Å²) in [5, 5.41) is 4.77. The SMILES string of the molecule is CCC(Nc1cccc2cc(Br)cnc12)c1ccccc1. The number of benzene rings is 2. The molecule has 0 aliphatic rings. The van der Waals surface area contributed by atoms with Crippen molar-refractivity contribution in [2.45, 2.75) is 19.4 Å². The molecule has 0 aliphatic carbocycles. The second-order valence-electron chi connectivity index (χ2n) is 5.05. The van der Waals surface area contributed by atoms with Crippen LogP contribution in [0, 0.1) is 0 Å². The van der Waals surface area contributed by atoms with E-state index in [-0.39, 0.29) is 0 Å². The zero-order valence-corrected chi connectivity index (χ0v) is 13.5. The molecule has 0 radical (unpaired) electrons. The molecule has 1 atom stereocenters. The van der Waals surface area contributed by atoms with Crippen LogP contribution in [0.25, 0.3) is 10.9 Å². The molecule has 0 aliphatic heterocycles. The Labute approximate surface area is 133 Å². The molecule has 0 fully saturated rings. The van der Waals surface area contributed by atoms with Gasteiger partial charge in [-0.2, -0.15) is 0 Å². The summed E-state index contributed by atoms with van der Waals surface area (Å²) in [6.07, 6.45) is 2.87. The van der Waals surface area contributed by atoms with Gasteiger partial charge in [0.2, 0.25) is 0 Å². The molecule has 1 heterocycles. The van der Waals surface area contributed by atoms with E-state index < -0.39 is 0 Å². The molecule has 106 valence electrons. The summed E-state index contributed by atoms with van der Waals surface area (Å²) in [4.78, 5) is 4.55. The van der Waals surface area contributed by atoms with Crippen LogP contribution >= 0.6 is 15.9 Å². The van der Waals surface area contributed by atoms with Crippen molar-refractivity contribution in [1.82, 2.24) is 4.98 Å². The van der Waals surface area contributed by atoms with Crippen molar-refractivity contribution >= 4 is 32.5 Å². The van der Waals surface area contributed by atoms with Gasteiger partial charge in [0.25, 0.3) is 0 Å². The van der Waals surface area contributed by atoms with Gasteiger partial charge in [-0.1, -0.05) is 49.4 Å². The van der Waals surface area contributed by atoms with Crippen LogP contribution in [0.15, 0.2) is 65.3 Å². The van der Waals surface area contributed by atoms with Gasteiger partial charge >= 0.3 is 0 Å². The molecule has 3 heteroatoms. The molecule has 2 aromatic carbocycles. The quantitative estimate of drug-likeness (QED) is 0.672. The number of anilines is 1. The highest BCUT2D eigenvalue weighted by Gasteiger charge is 2.11. The standard InChI is InChI=1S/C18H17BrN2/c1-2-16(13-7-4-3-5-8-13)21-17-10-6-9-14-11-15(19)12-20-18(14)17/h3-12,16,21H,2H2,1H3. The van der Waals surface area contributed by atoms with Crippen LogP contribution in [0.4, 0.5) is 5.69 Å². The minimum absolute atomic E-state index is 0.294. The number of para-hydroxylation sites is 1. The van der Waals surface area contributed by atoms with Crippen LogP contribution < -0.4 is 5.32 Å². The lowest BCUT2D eigenvalue weighted by molar-refractivity contribution is 0.750. The van der Waals surface area contributed by atoms with Gasteiger partial charge in [0.15, 0.2) is 0 Å². The second-order valence-corrected chi connectivity index (χ2v) is 5.96. The van der Waals surface area contributed by atoms with E-state index in [1.807, 2.05) is 12.3 Å². The van der Waals surface area contributed by atoms with E-state index in [0.717, 1.165) is 27.5 Å². The van der Waals surface area contributed by atoms with Crippen LogP contribution in [0.5, 0.6) is 0 Å². The van der Waals surface area contributed by atoms with Gasteiger partial charge in [-0.15, -0.1) is 0 Å². The van der Waals surface area contributed by atoms with Crippen LogP contribution in [0.1, 0.15) is 24.9 Å². The third kappa shape index (κ3) is 3.08. The molecular formula is C18H17BrN2. The summed E-state index contributed by atoms with van der Waals surface area (Å²) < 4.78 is 1.00. The molecule has 0 spiro atoms. The van der Waals surface area contributed by atoms with Gasteiger partial charge in [-0.25, -0.2) is 0 Å². The van der Waals surface area contributed by atoms with Crippen molar-refractivity contribution < 1.29 is 0 Å². The zero-order chi connectivity index (χ0) is 14.7. The van der Waals surface area contributed by atoms with E-state index in [1.54, 1.807) is 0 Å². The van der Waals surface area contributed by atoms with Crippen molar-refractivity contribution in [1.29, 1.82) is 0 Å². The van der Waals surface area contributed by atoms with Gasteiger partial charge in [0.05, 0.1) is 17.2 Å². The van der Waals surface area contributed by atoms with E-state index in [2.05, 4.69) is 81.7 Å². The van der Waals surface area contributed by atoms with Crippen LogP contribution in [-0.4, -0.2) is 4.98 Å². The summed E-state index contributed by atoms with van der Waals surface area (Å²) in [6, 6.07) is 19.2. The van der Waals surface area contributed by atoms with Crippen LogP contribution in [0.2, 0.25) is 0 Å². The van der Waals surface area contributed by atoms with Crippen molar-refractivity contribution in [3.05, 3.63) is 70.8 Å². The average molecular weight is 341 g/mol. The highest BCUT2D eigenvalue weighted by molar-refractivity contribution is 9.10. The van der Waals surface area contributed by atoms with Crippen molar-refractivity contribution in [2.24, 2.45) is 0 Å². The van der Waals surface area contributed by atoms with Crippen molar-refractivity contribution in [2.75, 3.05) is 5.32 Å². The molecule has 1 aromatic heterocycles. The highest BCUT2D eigenvalue weighted by Crippen LogP contribution is 2.28. The Morgan fingerprint density at radius 2 is 1.90 bits per heavy atom. The number of pyridine rings is 1. The summed E-state index contributed by atoms with van der Waals surface area (Å²) in [7, 11) is 0. The molecule has 0 amide bonds. The van der Waals surface area contributed by atoms with Crippen LogP contribution in [-0.2, 0) is 0 Å². The minimum atomic E-state index is 0.294. The number of fused-ring (bicyclic) bond motifs is 1. The molecule has 3 rings (SSSR count). The number of aromatic nitrogens is 1. The molecule has 0 bridgehead atoms. The first kappa shape index (κ1) is 14.1.